The lowest BCUT2D eigenvalue weighted by molar-refractivity contribution is 0.0705. The lowest BCUT2D eigenvalue weighted by Gasteiger charge is -2.32. The number of hydrogen-bond donors (Lipinski definition) is 2. The molecule has 6 rings (SSSR count). The van der Waals surface area contributed by atoms with Crippen molar-refractivity contribution in [3.8, 4) is 5.69 Å². The van der Waals surface area contributed by atoms with E-state index < -0.39 is 5.82 Å². The topological polar surface area (TPSA) is 86.8 Å². The number of piperidine rings is 1. The zero-order chi connectivity index (χ0) is 24.8. The van der Waals surface area contributed by atoms with Crippen molar-refractivity contribution in [1.82, 2.24) is 24.4 Å². The number of aromatic nitrogens is 4. The molecule has 9 heteroatoms. The van der Waals surface area contributed by atoms with Gasteiger partial charge in [0.1, 0.15) is 11.6 Å². The molecule has 3 heterocycles. The number of carbonyl (C=O) groups is 1. The molecule has 36 heavy (non-hydrogen) atoms. The van der Waals surface area contributed by atoms with E-state index in [9.17, 15) is 14.0 Å². The number of carbonyl (C=O) groups excluding carboxylic acids is 1. The molecule has 1 saturated heterocycles. The Balaban J connectivity index is 1.29. The summed E-state index contributed by atoms with van der Waals surface area (Å²) < 4.78 is 14.8. The number of imidazole rings is 1. The van der Waals surface area contributed by atoms with E-state index in [2.05, 4.69) is 9.97 Å². The molecule has 7 nitrogen and oxygen atoms in total. The van der Waals surface area contributed by atoms with E-state index in [4.69, 9.17) is 17.2 Å². The molecule has 1 atom stereocenters. The Hall–Kier alpha value is -4.11. The van der Waals surface area contributed by atoms with Gasteiger partial charge in [-0.2, -0.15) is 0 Å². The maximum Gasteiger partial charge on any atom is 0.266 e. The summed E-state index contributed by atoms with van der Waals surface area (Å²) in [4.78, 5) is 39.6. The summed E-state index contributed by atoms with van der Waals surface area (Å²) in [5.74, 6) is 0.535. The summed E-state index contributed by atoms with van der Waals surface area (Å²) >= 11 is 5.42. The van der Waals surface area contributed by atoms with Crippen LogP contribution in [0, 0.1) is 10.6 Å². The maximum atomic E-state index is 13.4. The third kappa shape index (κ3) is 3.91. The summed E-state index contributed by atoms with van der Waals surface area (Å²) in [5.41, 5.74) is 3.02. The standard InChI is InChI=1S/C27H22FN5O2S/c28-18-8-10-19(11-9-18)33-26(35)20-12-7-16(14-23(20)31-27(33)36)25(34)32-13-3-4-17(15-32)24-29-21-5-1-2-6-22(21)30-24/h1-2,5-12,14,17H,3-4,13,15H2,(H,29,30)(H,31,36)/t17-/m0/s1. The molecule has 1 aliphatic heterocycles. The van der Waals surface area contributed by atoms with Crippen molar-refractivity contribution in [2.24, 2.45) is 0 Å². The van der Waals surface area contributed by atoms with Crippen LogP contribution in [0.25, 0.3) is 27.6 Å². The largest absolute Gasteiger partial charge is 0.342 e. The highest BCUT2D eigenvalue weighted by Crippen LogP contribution is 2.28. The lowest BCUT2D eigenvalue weighted by Crippen LogP contribution is -2.39. The predicted octanol–water partition coefficient (Wildman–Crippen LogP) is 5.08. The van der Waals surface area contributed by atoms with Crippen LogP contribution in [-0.2, 0) is 0 Å². The van der Waals surface area contributed by atoms with E-state index in [1.165, 1.54) is 28.8 Å². The first kappa shape index (κ1) is 22.4. The van der Waals surface area contributed by atoms with Gasteiger partial charge in [-0.15, -0.1) is 0 Å². The van der Waals surface area contributed by atoms with E-state index >= 15 is 0 Å². The second kappa shape index (κ2) is 8.83. The van der Waals surface area contributed by atoms with E-state index in [0.29, 0.717) is 35.2 Å². The molecular formula is C27H22FN5O2S. The number of halogens is 1. The first-order valence-electron chi connectivity index (χ1n) is 11.8. The molecular weight excluding hydrogens is 477 g/mol. The molecule has 0 bridgehead atoms. The van der Waals surface area contributed by atoms with Gasteiger partial charge < -0.3 is 14.9 Å². The fourth-order valence-corrected chi connectivity index (χ4v) is 5.21. The Kier molecular flexibility index (Phi) is 5.49. The van der Waals surface area contributed by atoms with Crippen molar-refractivity contribution in [3.63, 3.8) is 0 Å². The highest BCUT2D eigenvalue weighted by Gasteiger charge is 2.27. The molecule has 0 unspecified atom stereocenters. The second-order valence-electron chi connectivity index (χ2n) is 9.04. The summed E-state index contributed by atoms with van der Waals surface area (Å²) in [5, 5.41) is 0.392. The molecule has 2 N–H and O–H groups in total. The number of rotatable bonds is 3. The fraction of sp³-hybridized carbons (Fsp3) is 0.185. The van der Waals surface area contributed by atoms with Crippen molar-refractivity contribution in [2.45, 2.75) is 18.8 Å². The van der Waals surface area contributed by atoms with Gasteiger partial charge in [-0.3, -0.25) is 14.2 Å². The van der Waals surface area contributed by atoms with Gasteiger partial charge in [-0.05, 0) is 79.7 Å². The van der Waals surface area contributed by atoms with Crippen LogP contribution < -0.4 is 5.56 Å². The summed E-state index contributed by atoms with van der Waals surface area (Å²) in [6.07, 6.45) is 1.84. The maximum absolute atomic E-state index is 13.4. The van der Waals surface area contributed by atoms with Crippen LogP contribution in [0.1, 0.15) is 34.9 Å². The number of para-hydroxylation sites is 2. The van der Waals surface area contributed by atoms with E-state index in [1.807, 2.05) is 29.2 Å². The average molecular weight is 500 g/mol. The van der Waals surface area contributed by atoms with Crippen LogP contribution in [-0.4, -0.2) is 43.4 Å². The van der Waals surface area contributed by atoms with E-state index in [1.54, 1.807) is 18.2 Å². The van der Waals surface area contributed by atoms with Crippen LogP contribution in [0.3, 0.4) is 0 Å². The van der Waals surface area contributed by atoms with Crippen LogP contribution in [0.5, 0.6) is 0 Å². The van der Waals surface area contributed by atoms with Gasteiger partial charge >= 0.3 is 0 Å². The van der Waals surface area contributed by atoms with Gasteiger partial charge in [0.25, 0.3) is 11.5 Å². The van der Waals surface area contributed by atoms with Crippen LogP contribution >= 0.6 is 12.2 Å². The highest BCUT2D eigenvalue weighted by molar-refractivity contribution is 7.71. The normalized spacial score (nSPS) is 16.0. The van der Waals surface area contributed by atoms with Gasteiger partial charge in [0, 0.05) is 24.6 Å². The van der Waals surface area contributed by atoms with E-state index in [0.717, 1.165) is 29.7 Å². The number of likely N-dealkylation sites (tertiary alicyclic amines) is 1. The van der Waals surface area contributed by atoms with Gasteiger partial charge in [-0.25, -0.2) is 9.37 Å². The number of nitrogens with one attached hydrogen (secondary N) is 2. The molecule has 1 amide bonds. The van der Waals surface area contributed by atoms with Crippen molar-refractivity contribution in [1.29, 1.82) is 0 Å². The molecule has 1 aliphatic rings. The molecule has 2 aromatic heterocycles. The minimum absolute atomic E-state index is 0.0975. The number of nitrogens with zero attached hydrogens (tertiary/aromatic N) is 3. The molecule has 0 spiro atoms. The number of benzene rings is 3. The average Bonchev–Trinajstić information content (AvgIpc) is 3.34. The first-order valence-corrected chi connectivity index (χ1v) is 12.2. The summed E-state index contributed by atoms with van der Waals surface area (Å²) in [7, 11) is 0. The number of aromatic amines is 2. The zero-order valence-electron chi connectivity index (χ0n) is 19.2. The Labute approximate surface area is 210 Å². The molecule has 0 saturated carbocycles. The predicted molar refractivity (Wildman–Crippen MR) is 139 cm³/mol. The molecule has 1 fully saturated rings. The number of amides is 1. The molecule has 5 aromatic rings. The minimum Gasteiger partial charge on any atom is -0.342 e. The minimum atomic E-state index is -0.397. The summed E-state index contributed by atoms with van der Waals surface area (Å²) in [6.45, 7) is 1.23. The van der Waals surface area contributed by atoms with Gasteiger partial charge in [-0.1, -0.05) is 12.1 Å². The molecule has 3 aromatic carbocycles. The van der Waals surface area contributed by atoms with Gasteiger partial charge in [0.2, 0.25) is 0 Å². The van der Waals surface area contributed by atoms with Crippen LogP contribution in [0.15, 0.2) is 71.5 Å². The number of fused-ring (bicyclic) bond motifs is 2. The Morgan fingerprint density at radius 2 is 1.83 bits per heavy atom. The van der Waals surface area contributed by atoms with Crippen LogP contribution in [0.4, 0.5) is 4.39 Å². The van der Waals surface area contributed by atoms with Crippen molar-refractivity contribution >= 4 is 40.1 Å². The molecule has 180 valence electrons. The number of hydrogen-bond acceptors (Lipinski definition) is 4. The van der Waals surface area contributed by atoms with Crippen molar-refractivity contribution in [2.75, 3.05) is 13.1 Å². The van der Waals surface area contributed by atoms with Crippen molar-refractivity contribution < 1.29 is 9.18 Å². The Morgan fingerprint density at radius 3 is 2.64 bits per heavy atom. The fourth-order valence-electron chi connectivity index (χ4n) is 4.91. The number of H-pyrrole nitrogens is 2. The summed E-state index contributed by atoms with van der Waals surface area (Å²) in [6, 6.07) is 18.4. The third-order valence-electron chi connectivity index (χ3n) is 6.73. The second-order valence-corrected chi connectivity index (χ2v) is 9.42. The van der Waals surface area contributed by atoms with Crippen molar-refractivity contribution in [3.05, 3.63) is 99.1 Å². The Morgan fingerprint density at radius 1 is 1.03 bits per heavy atom. The monoisotopic (exact) mass is 499 g/mol. The first-order chi connectivity index (χ1) is 17.5. The third-order valence-corrected chi connectivity index (χ3v) is 7.02. The Bertz CT molecular complexity index is 1700. The lowest BCUT2D eigenvalue weighted by atomic mass is 9.96. The van der Waals surface area contributed by atoms with Gasteiger partial charge in [0.15, 0.2) is 4.77 Å². The zero-order valence-corrected chi connectivity index (χ0v) is 20.0. The van der Waals surface area contributed by atoms with Gasteiger partial charge in [0.05, 0.1) is 27.6 Å². The SMILES string of the molecule is O=C(c1ccc2c(=O)n(-c3ccc(F)cc3)c(=S)[nH]c2c1)N1CCC[C@H](c2nc3ccccc3[nH]2)C1. The molecule has 0 radical (unpaired) electrons. The quantitative estimate of drug-likeness (QED) is 0.339. The molecule has 0 aliphatic carbocycles. The van der Waals surface area contributed by atoms with Crippen LogP contribution in [0.2, 0.25) is 0 Å². The smallest absolute Gasteiger partial charge is 0.266 e. The highest BCUT2D eigenvalue weighted by atomic mass is 32.1. The van der Waals surface area contributed by atoms with E-state index in [-0.39, 0.29) is 22.2 Å².